The van der Waals surface area contributed by atoms with E-state index < -0.39 is 0 Å². The number of hydrogen-bond acceptors (Lipinski definition) is 5. The number of hydrogen-bond donors (Lipinski definition) is 1. The predicted octanol–water partition coefficient (Wildman–Crippen LogP) is 3.14. The molecule has 2 N–H and O–H groups in total. The van der Waals surface area contributed by atoms with Gasteiger partial charge in [-0.15, -0.1) is 0 Å². The summed E-state index contributed by atoms with van der Waals surface area (Å²) in [7, 11) is 1.92. The van der Waals surface area contributed by atoms with Crippen LogP contribution in [0.15, 0.2) is 36.5 Å². The fraction of sp³-hybridized carbons (Fsp3) is 0.316. The number of benzene rings is 1. The van der Waals surface area contributed by atoms with Crippen LogP contribution in [0.1, 0.15) is 41.2 Å². The topological polar surface area (TPSA) is 78.9 Å². The monoisotopic (exact) mass is 337 g/mol. The first-order chi connectivity index (χ1) is 11.9. The molecule has 0 aliphatic rings. The average molecular weight is 337 g/mol. The van der Waals surface area contributed by atoms with Crippen molar-refractivity contribution in [3.05, 3.63) is 64.9 Å². The minimum atomic E-state index is 0.0862. The first kappa shape index (κ1) is 17.0. The highest BCUT2D eigenvalue weighted by Crippen LogP contribution is 2.29. The SMILES string of the molecule is Cc1cc(COc2cccc(C(C)c3cnc(C)nc3N)c2)n(C)n1. The third kappa shape index (κ3) is 3.79. The molecule has 6 heteroatoms. The van der Waals surface area contributed by atoms with Crippen LogP contribution in [0.3, 0.4) is 0 Å². The van der Waals surface area contributed by atoms with E-state index in [1.54, 1.807) is 6.20 Å². The normalized spacial score (nSPS) is 12.2. The highest BCUT2D eigenvalue weighted by Gasteiger charge is 2.14. The number of aryl methyl sites for hydroxylation is 3. The van der Waals surface area contributed by atoms with Gasteiger partial charge in [-0.2, -0.15) is 5.10 Å². The molecule has 0 spiro atoms. The largest absolute Gasteiger partial charge is 0.487 e. The van der Waals surface area contributed by atoms with Crippen LogP contribution in [0.5, 0.6) is 5.75 Å². The fourth-order valence-electron chi connectivity index (χ4n) is 2.84. The standard InChI is InChI=1S/C19H23N5O/c1-12-8-16(24(4)23-12)11-25-17-7-5-6-15(9-17)13(2)18-10-21-14(3)22-19(18)20/h5-10,13H,11H2,1-4H3,(H2,20,21,22). The van der Waals surface area contributed by atoms with E-state index in [0.717, 1.165) is 28.3 Å². The zero-order valence-corrected chi connectivity index (χ0v) is 15.0. The van der Waals surface area contributed by atoms with E-state index in [1.807, 2.05) is 49.8 Å². The second kappa shape index (κ2) is 6.93. The summed E-state index contributed by atoms with van der Waals surface area (Å²) in [5.41, 5.74) is 10.1. The van der Waals surface area contributed by atoms with Gasteiger partial charge in [-0.05, 0) is 37.6 Å². The summed E-state index contributed by atoms with van der Waals surface area (Å²) in [6.45, 7) is 6.37. The molecule has 0 amide bonds. The Hall–Kier alpha value is -2.89. The number of rotatable bonds is 5. The lowest BCUT2D eigenvalue weighted by molar-refractivity contribution is 0.294. The van der Waals surface area contributed by atoms with Crippen molar-refractivity contribution in [3.63, 3.8) is 0 Å². The highest BCUT2D eigenvalue weighted by atomic mass is 16.5. The van der Waals surface area contributed by atoms with Crippen molar-refractivity contribution in [2.24, 2.45) is 7.05 Å². The lowest BCUT2D eigenvalue weighted by Crippen LogP contribution is -2.06. The molecule has 0 fully saturated rings. The molecule has 0 radical (unpaired) electrons. The van der Waals surface area contributed by atoms with Crippen molar-refractivity contribution in [2.45, 2.75) is 33.3 Å². The molecule has 6 nitrogen and oxygen atoms in total. The molecule has 3 aromatic rings. The first-order valence-corrected chi connectivity index (χ1v) is 8.25. The predicted molar refractivity (Wildman–Crippen MR) is 97.4 cm³/mol. The van der Waals surface area contributed by atoms with Crippen LogP contribution in [-0.2, 0) is 13.7 Å². The number of nitrogen functional groups attached to an aromatic ring is 1. The van der Waals surface area contributed by atoms with Crippen molar-refractivity contribution in [1.29, 1.82) is 0 Å². The quantitative estimate of drug-likeness (QED) is 0.774. The van der Waals surface area contributed by atoms with Crippen LogP contribution in [0, 0.1) is 13.8 Å². The molecule has 0 saturated heterocycles. The summed E-state index contributed by atoms with van der Waals surface area (Å²) in [5.74, 6) is 2.10. The molecule has 1 unspecified atom stereocenters. The first-order valence-electron chi connectivity index (χ1n) is 8.25. The summed E-state index contributed by atoms with van der Waals surface area (Å²) < 4.78 is 7.78. The Morgan fingerprint density at radius 1 is 1.24 bits per heavy atom. The molecule has 0 aliphatic heterocycles. The zero-order valence-electron chi connectivity index (χ0n) is 15.0. The number of nitrogens with zero attached hydrogens (tertiary/aromatic N) is 4. The van der Waals surface area contributed by atoms with E-state index in [-0.39, 0.29) is 5.92 Å². The third-order valence-electron chi connectivity index (χ3n) is 4.28. The van der Waals surface area contributed by atoms with Crippen LogP contribution in [-0.4, -0.2) is 19.7 Å². The summed E-state index contributed by atoms with van der Waals surface area (Å²) in [6.07, 6.45) is 1.80. The molecule has 2 aromatic heterocycles. The van der Waals surface area contributed by atoms with Crippen molar-refractivity contribution in [3.8, 4) is 5.75 Å². The fourth-order valence-corrected chi connectivity index (χ4v) is 2.84. The number of aromatic nitrogens is 4. The summed E-state index contributed by atoms with van der Waals surface area (Å²) >= 11 is 0. The Bertz CT molecular complexity index is 887. The summed E-state index contributed by atoms with van der Waals surface area (Å²) in [4.78, 5) is 8.52. The van der Waals surface area contributed by atoms with Crippen LogP contribution in [0.25, 0.3) is 0 Å². The maximum absolute atomic E-state index is 6.06. The van der Waals surface area contributed by atoms with Crippen LogP contribution >= 0.6 is 0 Å². The molecule has 25 heavy (non-hydrogen) atoms. The van der Waals surface area contributed by atoms with Gasteiger partial charge in [-0.3, -0.25) is 4.68 Å². The highest BCUT2D eigenvalue weighted by molar-refractivity contribution is 5.46. The van der Waals surface area contributed by atoms with Gasteiger partial charge in [0, 0.05) is 24.7 Å². The summed E-state index contributed by atoms with van der Waals surface area (Å²) in [6, 6.07) is 10.1. The van der Waals surface area contributed by atoms with Crippen LogP contribution in [0.2, 0.25) is 0 Å². The molecular formula is C19H23N5O. The minimum absolute atomic E-state index is 0.0862. The second-order valence-corrected chi connectivity index (χ2v) is 6.24. The van der Waals surface area contributed by atoms with E-state index in [9.17, 15) is 0 Å². The maximum Gasteiger partial charge on any atom is 0.130 e. The van der Waals surface area contributed by atoms with Gasteiger partial charge in [0.15, 0.2) is 0 Å². The molecular weight excluding hydrogens is 314 g/mol. The Morgan fingerprint density at radius 2 is 2.04 bits per heavy atom. The van der Waals surface area contributed by atoms with Crippen LogP contribution in [0.4, 0.5) is 5.82 Å². The van der Waals surface area contributed by atoms with Gasteiger partial charge >= 0.3 is 0 Å². The Labute approximate surface area is 147 Å². The smallest absolute Gasteiger partial charge is 0.130 e. The number of nitrogens with two attached hydrogens (primary N) is 1. The van der Waals surface area contributed by atoms with Crippen molar-refractivity contribution in [1.82, 2.24) is 19.7 Å². The van der Waals surface area contributed by atoms with Gasteiger partial charge in [0.1, 0.15) is 24.0 Å². The van der Waals surface area contributed by atoms with Gasteiger partial charge in [0.05, 0.1) is 11.4 Å². The van der Waals surface area contributed by atoms with E-state index >= 15 is 0 Å². The van der Waals surface area contributed by atoms with Crippen molar-refractivity contribution < 1.29 is 4.74 Å². The third-order valence-corrected chi connectivity index (χ3v) is 4.28. The molecule has 3 rings (SSSR count). The van der Waals surface area contributed by atoms with E-state index in [1.165, 1.54) is 0 Å². The molecule has 1 atom stereocenters. The number of ether oxygens (including phenoxy) is 1. The molecule has 2 heterocycles. The van der Waals surface area contributed by atoms with Crippen molar-refractivity contribution >= 4 is 5.82 Å². The minimum Gasteiger partial charge on any atom is -0.487 e. The van der Waals surface area contributed by atoms with Gasteiger partial charge < -0.3 is 10.5 Å². The molecule has 0 aliphatic carbocycles. The lowest BCUT2D eigenvalue weighted by Gasteiger charge is -2.15. The van der Waals surface area contributed by atoms with Crippen molar-refractivity contribution in [2.75, 3.05) is 5.73 Å². The Balaban J connectivity index is 1.77. The number of anilines is 1. The lowest BCUT2D eigenvalue weighted by atomic mass is 9.94. The second-order valence-electron chi connectivity index (χ2n) is 6.24. The van der Waals surface area contributed by atoms with Crippen LogP contribution < -0.4 is 10.5 Å². The van der Waals surface area contributed by atoms with Gasteiger partial charge in [0.25, 0.3) is 0 Å². The zero-order chi connectivity index (χ0) is 18.0. The molecule has 1 aromatic carbocycles. The molecule has 0 bridgehead atoms. The van der Waals surface area contributed by atoms with E-state index in [2.05, 4.69) is 28.1 Å². The Kier molecular flexibility index (Phi) is 4.70. The van der Waals surface area contributed by atoms with Gasteiger partial charge in [0.2, 0.25) is 0 Å². The van der Waals surface area contributed by atoms with Gasteiger partial charge in [-0.25, -0.2) is 9.97 Å². The summed E-state index contributed by atoms with van der Waals surface area (Å²) in [5, 5.41) is 4.33. The van der Waals surface area contributed by atoms with E-state index in [4.69, 9.17) is 10.5 Å². The van der Waals surface area contributed by atoms with Gasteiger partial charge in [-0.1, -0.05) is 19.1 Å². The van der Waals surface area contributed by atoms with E-state index in [0.29, 0.717) is 18.2 Å². The molecule has 130 valence electrons. The Morgan fingerprint density at radius 3 is 2.72 bits per heavy atom. The maximum atomic E-state index is 6.06. The molecule has 0 saturated carbocycles. The average Bonchev–Trinajstić information content (AvgIpc) is 2.90.